The number of nitrogens with one attached hydrogen (secondary N) is 1. The SMILES string of the molecule is Cc1cc(Cl)cc(-c2ccnc3cc(CN4C(=O)C5C(C4=O)C5(C)C)sc23)c1O[C@@H]1CCNC[C@H]1F. The fourth-order valence-electron chi connectivity index (χ4n) is 5.76. The van der Waals surface area contributed by atoms with Crippen molar-refractivity contribution in [2.24, 2.45) is 17.3 Å². The van der Waals surface area contributed by atoms with Crippen LogP contribution in [0.2, 0.25) is 5.02 Å². The molecule has 188 valence electrons. The number of carbonyl (C=O) groups excluding carboxylic acids is 2. The maximum absolute atomic E-state index is 14.6. The minimum Gasteiger partial charge on any atom is -0.486 e. The highest BCUT2D eigenvalue weighted by molar-refractivity contribution is 7.19. The summed E-state index contributed by atoms with van der Waals surface area (Å²) in [6.07, 6.45) is 0.664. The zero-order valence-electron chi connectivity index (χ0n) is 20.3. The van der Waals surface area contributed by atoms with Crippen molar-refractivity contribution in [3.05, 3.63) is 45.9 Å². The van der Waals surface area contributed by atoms with E-state index in [2.05, 4.69) is 10.3 Å². The van der Waals surface area contributed by atoms with Crippen molar-refractivity contribution in [2.75, 3.05) is 13.1 Å². The van der Waals surface area contributed by atoms with Gasteiger partial charge in [0.15, 0.2) is 0 Å². The molecule has 1 aromatic carbocycles. The van der Waals surface area contributed by atoms with Crippen LogP contribution in [0.5, 0.6) is 5.75 Å². The fourth-order valence-corrected chi connectivity index (χ4v) is 7.16. The first kappa shape index (κ1) is 23.8. The quantitative estimate of drug-likeness (QED) is 0.465. The van der Waals surface area contributed by atoms with E-state index >= 15 is 0 Å². The maximum Gasteiger partial charge on any atom is 0.234 e. The molecular formula is C27H27ClFN3O3S. The number of benzene rings is 1. The monoisotopic (exact) mass is 527 g/mol. The molecule has 2 saturated heterocycles. The van der Waals surface area contributed by atoms with E-state index in [9.17, 15) is 14.0 Å². The number of piperidine rings is 2. The third-order valence-corrected chi connectivity index (χ3v) is 9.18. The molecule has 4 heterocycles. The van der Waals surface area contributed by atoms with Crippen LogP contribution < -0.4 is 10.1 Å². The molecule has 36 heavy (non-hydrogen) atoms. The van der Waals surface area contributed by atoms with Crippen molar-refractivity contribution in [2.45, 2.75) is 46.0 Å². The number of rotatable bonds is 5. The van der Waals surface area contributed by atoms with E-state index in [-0.39, 0.29) is 42.2 Å². The molecule has 1 aliphatic carbocycles. The van der Waals surface area contributed by atoms with Crippen molar-refractivity contribution in [1.29, 1.82) is 0 Å². The third-order valence-electron chi connectivity index (χ3n) is 7.82. The van der Waals surface area contributed by atoms with Gasteiger partial charge in [-0.25, -0.2) is 4.39 Å². The average Bonchev–Trinajstić information content (AvgIpc) is 3.08. The molecule has 2 amide bonds. The third kappa shape index (κ3) is 3.73. The smallest absolute Gasteiger partial charge is 0.234 e. The number of thiophene rings is 1. The molecule has 3 fully saturated rings. The Kier molecular flexibility index (Phi) is 5.63. The molecule has 2 aliphatic heterocycles. The van der Waals surface area contributed by atoms with Gasteiger partial charge in [-0.1, -0.05) is 25.4 Å². The first-order valence-corrected chi connectivity index (χ1v) is 13.4. The zero-order valence-corrected chi connectivity index (χ0v) is 21.9. The molecule has 0 spiro atoms. The number of ether oxygens (including phenoxy) is 1. The van der Waals surface area contributed by atoms with Crippen LogP contribution in [0.25, 0.3) is 21.3 Å². The predicted octanol–water partition coefficient (Wildman–Crippen LogP) is 5.14. The van der Waals surface area contributed by atoms with Crippen LogP contribution in [0.15, 0.2) is 30.5 Å². The second-order valence-corrected chi connectivity index (χ2v) is 12.2. The topological polar surface area (TPSA) is 71.5 Å². The van der Waals surface area contributed by atoms with E-state index in [1.165, 1.54) is 16.2 Å². The zero-order chi connectivity index (χ0) is 25.4. The van der Waals surface area contributed by atoms with Gasteiger partial charge in [0.1, 0.15) is 18.0 Å². The lowest BCUT2D eigenvalue weighted by Crippen LogP contribution is -2.44. The Morgan fingerprint density at radius 1 is 1.22 bits per heavy atom. The molecule has 3 aromatic rings. The Morgan fingerprint density at radius 2 is 1.97 bits per heavy atom. The lowest BCUT2D eigenvalue weighted by Gasteiger charge is -2.29. The van der Waals surface area contributed by atoms with E-state index in [1.54, 1.807) is 6.20 Å². The van der Waals surface area contributed by atoms with Crippen molar-refractivity contribution in [3.63, 3.8) is 0 Å². The number of nitrogens with zero attached hydrogens (tertiary/aromatic N) is 2. The highest BCUT2D eigenvalue weighted by Gasteiger charge is 2.72. The molecule has 0 bridgehead atoms. The minimum absolute atomic E-state index is 0.0791. The molecule has 1 N–H and O–H groups in total. The maximum atomic E-state index is 14.6. The number of hydrogen-bond acceptors (Lipinski definition) is 6. The van der Waals surface area contributed by atoms with Crippen LogP contribution in [0.1, 0.15) is 30.7 Å². The lowest BCUT2D eigenvalue weighted by atomic mass is 10.0. The van der Waals surface area contributed by atoms with Gasteiger partial charge >= 0.3 is 0 Å². The summed E-state index contributed by atoms with van der Waals surface area (Å²) >= 11 is 7.95. The normalized spacial score (nSPS) is 27.0. The molecule has 6 nitrogen and oxygen atoms in total. The second-order valence-electron chi connectivity index (χ2n) is 10.6. The summed E-state index contributed by atoms with van der Waals surface area (Å²) in [6, 6.07) is 7.50. The summed E-state index contributed by atoms with van der Waals surface area (Å²) in [5.41, 5.74) is 3.03. The number of halogens is 2. The van der Waals surface area contributed by atoms with Crippen LogP contribution in [0.4, 0.5) is 4.39 Å². The number of aryl methyl sites for hydroxylation is 1. The van der Waals surface area contributed by atoms with Crippen LogP contribution >= 0.6 is 22.9 Å². The van der Waals surface area contributed by atoms with Gasteiger partial charge in [0.2, 0.25) is 11.8 Å². The van der Waals surface area contributed by atoms with E-state index in [4.69, 9.17) is 16.3 Å². The van der Waals surface area contributed by atoms with Gasteiger partial charge in [0.25, 0.3) is 0 Å². The molecule has 1 saturated carbocycles. The number of pyridine rings is 1. The van der Waals surface area contributed by atoms with E-state index in [0.717, 1.165) is 31.8 Å². The van der Waals surface area contributed by atoms with E-state index in [1.807, 2.05) is 45.0 Å². The predicted molar refractivity (Wildman–Crippen MR) is 138 cm³/mol. The number of fused-ring (bicyclic) bond motifs is 2. The molecule has 2 aromatic heterocycles. The standard InChI is InChI=1S/C27H27ClFN3O3S/c1-13-8-14(28)9-17(23(13)35-20-5-6-30-11-18(20)29)16-4-7-31-19-10-15(36-24(16)19)12-32-25(33)21-22(26(32)34)27(21,2)3/h4,7-10,18,20-22,30H,5-6,11-12H2,1-3H3/t18-,20-,21?,22?/m1/s1. The molecule has 2 unspecified atom stereocenters. The summed E-state index contributed by atoms with van der Waals surface area (Å²) in [4.78, 5) is 32.5. The largest absolute Gasteiger partial charge is 0.486 e. The number of amides is 2. The Labute approximate surface area is 217 Å². The number of likely N-dealkylation sites (tertiary alicyclic amines) is 1. The number of alkyl halides is 1. The van der Waals surface area contributed by atoms with Gasteiger partial charge in [-0.3, -0.25) is 19.5 Å². The van der Waals surface area contributed by atoms with Crippen molar-refractivity contribution >= 4 is 45.0 Å². The number of hydrogen-bond donors (Lipinski definition) is 1. The molecule has 3 aliphatic rings. The molecule has 0 radical (unpaired) electrons. The number of carbonyl (C=O) groups is 2. The van der Waals surface area contributed by atoms with Gasteiger partial charge in [-0.15, -0.1) is 11.3 Å². The minimum atomic E-state index is -1.10. The van der Waals surface area contributed by atoms with Crippen molar-refractivity contribution in [3.8, 4) is 16.9 Å². The van der Waals surface area contributed by atoms with Crippen molar-refractivity contribution in [1.82, 2.24) is 15.2 Å². The fraction of sp³-hybridized carbons (Fsp3) is 0.444. The van der Waals surface area contributed by atoms with Gasteiger partial charge in [-0.05, 0) is 55.1 Å². The first-order valence-electron chi connectivity index (χ1n) is 12.2. The Morgan fingerprint density at radius 3 is 2.69 bits per heavy atom. The molecule has 4 atom stereocenters. The Balaban J connectivity index is 1.36. The number of aromatic nitrogens is 1. The Hall–Kier alpha value is -2.55. The summed E-state index contributed by atoms with van der Waals surface area (Å²) in [5, 5.41) is 3.62. The van der Waals surface area contributed by atoms with Gasteiger partial charge in [-0.2, -0.15) is 0 Å². The summed E-state index contributed by atoms with van der Waals surface area (Å²) in [5.74, 6) is 0.0609. The van der Waals surface area contributed by atoms with Gasteiger partial charge in [0, 0.05) is 33.8 Å². The van der Waals surface area contributed by atoms with Crippen LogP contribution in [-0.2, 0) is 16.1 Å². The van der Waals surface area contributed by atoms with Gasteiger partial charge < -0.3 is 10.1 Å². The van der Waals surface area contributed by atoms with E-state index < -0.39 is 12.3 Å². The summed E-state index contributed by atoms with van der Waals surface area (Å²) in [6.45, 7) is 7.09. The van der Waals surface area contributed by atoms with E-state index in [0.29, 0.717) is 23.7 Å². The average molecular weight is 528 g/mol. The first-order chi connectivity index (χ1) is 17.2. The second kappa shape index (κ2) is 8.50. The van der Waals surface area contributed by atoms with Crippen LogP contribution in [0, 0.1) is 24.2 Å². The lowest BCUT2D eigenvalue weighted by molar-refractivity contribution is -0.143. The highest BCUT2D eigenvalue weighted by atomic mass is 35.5. The van der Waals surface area contributed by atoms with Gasteiger partial charge in [0.05, 0.1) is 28.6 Å². The summed E-state index contributed by atoms with van der Waals surface area (Å²) in [7, 11) is 0. The Bertz CT molecular complexity index is 1380. The molecule has 9 heteroatoms. The molecule has 6 rings (SSSR count). The number of imide groups is 1. The van der Waals surface area contributed by atoms with Crippen LogP contribution in [-0.4, -0.2) is 47.1 Å². The highest BCUT2D eigenvalue weighted by Crippen LogP contribution is 2.63. The molecular weight excluding hydrogens is 501 g/mol. The van der Waals surface area contributed by atoms with Crippen molar-refractivity contribution < 1.29 is 18.7 Å². The van der Waals surface area contributed by atoms with Crippen LogP contribution in [0.3, 0.4) is 0 Å². The summed E-state index contributed by atoms with van der Waals surface area (Å²) < 4.78 is 21.8.